The molecule has 0 saturated carbocycles. The van der Waals surface area contributed by atoms with Crippen LogP contribution in [-0.2, 0) is 0 Å². The summed E-state index contributed by atoms with van der Waals surface area (Å²) >= 11 is 0. The van der Waals surface area contributed by atoms with Gasteiger partial charge >= 0.3 is 0 Å². The van der Waals surface area contributed by atoms with E-state index in [0.717, 1.165) is 11.1 Å². The number of allylic oxidation sites excluding steroid dienone is 2. The van der Waals surface area contributed by atoms with Gasteiger partial charge in [0.1, 0.15) is 0 Å². The van der Waals surface area contributed by atoms with E-state index in [0.29, 0.717) is 0 Å². The molecule has 94 valence electrons. The van der Waals surface area contributed by atoms with Crippen LogP contribution in [0.3, 0.4) is 0 Å². The first-order valence-corrected chi connectivity index (χ1v) is 4.70. The molecule has 0 aliphatic rings. The lowest BCUT2D eigenvalue weighted by molar-refractivity contribution is 0.566. The fourth-order valence-electron chi connectivity index (χ4n) is 1.15. The zero-order valence-corrected chi connectivity index (χ0v) is 11.8. The summed E-state index contributed by atoms with van der Waals surface area (Å²) in [6.45, 7) is 0. The van der Waals surface area contributed by atoms with Crippen molar-refractivity contribution >= 4 is 36.3 Å². The number of rotatable bonds is 3. The van der Waals surface area contributed by atoms with E-state index in [1.807, 2.05) is 43.4 Å². The lowest BCUT2D eigenvalue weighted by Gasteiger charge is -2.08. The fraction of sp³-hybridized carbons (Fsp3) is 0.250. The summed E-state index contributed by atoms with van der Waals surface area (Å²) in [6, 6.07) is 3.92. The third-order valence-electron chi connectivity index (χ3n) is 1.76. The molecule has 1 aromatic heterocycles. The van der Waals surface area contributed by atoms with Crippen molar-refractivity contribution in [3.8, 4) is 0 Å². The van der Waals surface area contributed by atoms with Crippen molar-refractivity contribution in [1.82, 2.24) is 9.88 Å². The van der Waals surface area contributed by atoms with E-state index in [2.05, 4.69) is 15.8 Å². The highest BCUT2D eigenvalue weighted by molar-refractivity contribution is 5.85. The van der Waals surface area contributed by atoms with Gasteiger partial charge in [0.15, 0.2) is 0 Å². The Morgan fingerprint density at radius 2 is 1.88 bits per heavy atom. The van der Waals surface area contributed by atoms with E-state index in [1.54, 1.807) is 19.4 Å². The molecule has 0 unspecified atom stereocenters. The van der Waals surface area contributed by atoms with Crippen LogP contribution in [0.25, 0.3) is 5.57 Å². The summed E-state index contributed by atoms with van der Waals surface area (Å²) in [7, 11) is 5.67. The molecular formula is C12H17Cl2N3. The molecule has 0 amide bonds. The molecule has 1 aromatic rings. The molecule has 0 aliphatic heterocycles. The van der Waals surface area contributed by atoms with Crippen molar-refractivity contribution in [3.05, 3.63) is 42.4 Å². The molecule has 0 saturated heterocycles. The molecule has 0 spiro atoms. The number of nitrogens with zero attached hydrogens (tertiary/aromatic N) is 3. The second kappa shape index (κ2) is 9.91. The molecule has 5 heteroatoms. The summed E-state index contributed by atoms with van der Waals surface area (Å²) in [5.74, 6) is 2.84. The summed E-state index contributed by atoms with van der Waals surface area (Å²) in [4.78, 5) is 9.81. The minimum Gasteiger partial charge on any atom is -0.383 e. The van der Waals surface area contributed by atoms with Crippen LogP contribution in [0.2, 0.25) is 0 Å². The van der Waals surface area contributed by atoms with Crippen molar-refractivity contribution in [2.45, 2.75) is 0 Å². The Hall–Kier alpha value is -1.28. The van der Waals surface area contributed by atoms with Crippen LogP contribution < -0.4 is 0 Å². The van der Waals surface area contributed by atoms with Crippen molar-refractivity contribution in [2.75, 3.05) is 21.1 Å². The second-order valence-electron chi connectivity index (χ2n) is 3.28. The van der Waals surface area contributed by atoms with Crippen molar-refractivity contribution in [2.24, 2.45) is 4.99 Å². The Morgan fingerprint density at radius 1 is 1.29 bits per heavy atom. The van der Waals surface area contributed by atoms with Gasteiger partial charge in [-0.05, 0) is 23.6 Å². The van der Waals surface area contributed by atoms with Crippen LogP contribution in [-0.4, -0.2) is 36.9 Å². The van der Waals surface area contributed by atoms with Crippen molar-refractivity contribution < 1.29 is 0 Å². The van der Waals surface area contributed by atoms with E-state index < -0.39 is 0 Å². The van der Waals surface area contributed by atoms with Gasteiger partial charge in [0.2, 0.25) is 0 Å². The molecule has 0 aromatic carbocycles. The summed E-state index contributed by atoms with van der Waals surface area (Å²) in [5.41, 5.74) is 2.17. The number of pyridine rings is 1. The van der Waals surface area contributed by atoms with Crippen LogP contribution in [0.1, 0.15) is 5.56 Å². The summed E-state index contributed by atoms with van der Waals surface area (Å²) in [6.07, 6.45) is 7.42. The highest BCUT2D eigenvalue weighted by Gasteiger charge is 1.97. The van der Waals surface area contributed by atoms with Gasteiger partial charge in [0.05, 0.1) is 0 Å². The Kier molecular flexibility index (Phi) is 10.6. The standard InChI is InChI=1S/C12H15N3.2ClH/c1-13-7-4-12(10-15(2)3)11-5-8-14-9-6-11;;/h4-6,8-10H,1-3H3;2*1H. The molecule has 0 radical (unpaired) electrons. The number of hydrogen-bond acceptors (Lipinski definition) is 3. The first-order valence-electron chi connectivity index (χ1n) is 4.70. The van der Waals surface area contributed by atoms with E-state index in [-0.39, 0.29) is 24.8 Å². The number of aliphatic imine (C=N–C) groups is 1. The highest BCUT2D eigenvalue weighted by Crippen LogP contribution is 2.13. The summed E-state index contributed by atoms with van der Waals surface area (Å²) in [5, 5.41) is 0. The predicted molar refractivity (Wildman–Crippen MR) is 78.3 cm³/mol. The van der Waals surface area contributed by atoms with Gasteiger partial charge in [-0.1, -0.05) is 0 Å². The van der Waals surface area contributed by atoms with Crippen LogP contribution in [0.5, 0.6) is 0 Å². The first-order chi connectivity index (χ1) is 7.24. The third-order valence-corrected chi connectivity index (χ3v) is 1.76. The second-order valence-corrected chi connectivity index (χ2v) is 3.28. The number of hydrogen-bond donors (Lipinski definition) is 0. The summed E-state index contributed by atoms with van der Waals surface area (Å²) < 4.78 is 0. The zero-order valence-electron chi connectivity index (χ0n) is 10.1. The van der Waals surface area contributed by atoms with Gasteiger partial charge in [-0.25, -0.2) is 4.99 Å². The molecule has 3 nitrogen and oxygen atoms in total. The lowest BCUT2D eigenvalue weighted by Crippen LogP contribution is -2.02. The number of halogens is 2. The van der Waals surface area contributed by atoms with Gasteiger partial charge in [-0.2, -0.15) is 0 Å². The van der Waals surface area contributed by atoms with Gasteiger partial charge in [0.25, 0.3) is 0 Å². The van der Waals surface area contributed by atoms with Crippen LogP contribution in [0.15, 0.2) is 41.8 Å². The normalized spacial score (nSPS) is 9.24. The van der Waals surface area contributed by atoms with Crippen LogP contribution in [0, 0.1) is 0 Å². The maximum atomic E-state index is 3.99. The van der Waals surface area contributed by atoms with E-state index in [1.165, 1.54) is 0 Å². The molecule has 0 N–H and O–H groups in total. The molecular weight excluding hydrogens is 257 g/mol. The van der Waals surface area contributed by atoms with Gasteiger partial charge < -0.3 is 4.90 Å². The quantitative estimate of drug-likeness (QED) is 0.626. The maximum Gasteiger partial charge on any atom is 0.0372 e. The Bertz CT molecular complexity index is 393. The molecule has 1 rings (SSSR count). The fourth-order valence-corrected chi connectivity index (χ4v) is 1.15. The van der Waals surface area contributed by atoms with Gasteiger partial charge in [-0.15, -0.1) is 24.8 Å². The SMILES string of the molecule is CN=C=CC(=CN(C)C)c1ccncc1.Cl.Cl. The minimum atomic E-state index is 0. The molecule has 1 heterocycles. The van der Waals surface area contributed by atoms with Crippen molar-refractivity contribution in [1.29, 1.82) is 0 Å². The number of aromatic nitrogens is 1. The smallest absolute Gasteiger partial charge is 0.0372 e. The van der Waals surface area contributed by atoms with E-state index in [4.69, 9.17) is 0 Å². The Morgan fingerprint density at radius 3 is 2.35 bits per heavy atom. The van der Waals surface area contributed by atoms with Gasteiger partial charge in [0, 0.05) is 51.4 Å². The Labute approximate surface area is 115 Å². The van der Waals surface area contributed by atoms with Crippen LogP contribution >= 0.6 is 24.8 Å². The van der Waals surface area contributed by atoms with Crippen molar-refractivity contribution in [3.63, 3.8) is 0 Å². The monoisotopic (exact) mass is 273 g/mol. The van der Waals surface area contributed by atoms with E-state index >= 15 is 0 Å². The largest absolute Gasteiger partial charge is 0.383 e. The average molecular weight is 274 g/mol. The van der Waals surface area contributed by atoms with E-state index in [9.17, 15) is 0 Å². The van der Waals surface area contributed by atoms with Gasteiger partial charge in [-0.3, -0.25) is 4.98 Å². The molecule has 17 heavy (non-hydrogen) atoms. The lowest BCUT2D eigenvalue weighted by atomic mass is 10.1. The molecule has 0 atom stereocenters. The first kappa shape index (κ1) is 18.1. The average Bonchev–Trinajstić information content (AvgIpc) is 2.25. The predicted octanol–water partition coefficient (Wildman–Crippen LogP) is 2.68. The molecule has 0 aliphatic carbocycles. The zero-order chi connectivity index (χ0) is 11.1. The third kappa shape index (κ3) is 6.80. The Balaban J connectivity index is 0. The molecule has 0 bridgehead atoms. The highest BCUT2D eigenvalue weighted by atomic mass is 35.5. The molecule has 0 fully saturated rings. The van der Waals surface area contributed by atoms with Crippen LogP contribution in [0.4, 0.5) is 0 Å². The topological polar surface area (TPSA) is 28.5 Å². The minimum absolute atomic E-state index is 0. The maximum absolute atomic E-state index is 3.99.